The van der Waals surface area contributed by atoms with E-state index in [1.807, 2.05) is 20.8 Å². The molecule has 1 aliphatic heterocycles. The Morgan fingerprint density at radius 3 is 2.38 bits per heavy atom. The zero-order valence-electron chi connectivity index (χ0n) is 9.38. The van der Waals surface area contributed by atoms with E-state index >= 15 is 0 Å². The molecule has 1 aromatic heterocycles. The van der Waals surface area contributed by atoms with Crippen molar-refractivity contribution in [3.05, 3.63) is 11.8 Å². The molecule has 1 N–H and O–H groups in total. The molecule has 88 valence electrons. The molecule has 1 aromatic rings. The number of carboxylic acid groups (broad SMARTS) is 1. The molecule has 16 heavy (non-hydrogen) atoms. The van der Waals surface area contributed by atoms with Crippen LogP contribution in [0.15, 0.2) is 4.42 Å². The van der Waals surface area contributed by atoms with E-state index in [9.17, 15) is 4.79 Å². The van der Waals surface area contributed by atoms with Crippen LogP contribution in [-0.2, 0) is 4.74 Å². The van der Waals surface area contributed by atoms with Gasteiger partial charge in [-0.15, -0.1) is 10.2 Å². The maximum atomic E-state index is 10.6. The van der Waals surface area contributed by atoms with Gasteiger partial charge < -0.3 is 14.3 Å². The molecule has 6 heteroatoms. The average molecular weight is 226 g/mol. The summed E-state index contributed by atoms with van der Waals surface area (Å²) in [4.78, 5) is 10.6. The minimum absolute atomic E-state index is 0.0319. The molecule has 0 aliphatic carbocycles. The summed E-state index contributed by atoms with van der Waals surface area (Å²) in [5.41, 5.74) is 0. The highest BCUT2D eigenvalue weighted by atomic mass is 16.5. The smallest absolute Gasteiger partial charge is 0.393 e. The summed E-state index contributed by atoms with van der Waals surface area (Å²) in [6.45, 7) is 5.94. The maximum Gasteiger partial charge on any atom is 0.393 e. The highest BCUT2D eigenvalue weighted by Crippen LogP contribution is 2.38. The van der Waals surface area contributed by atoms with Gasteiger partial charge in [0.05, 0.1) is 18.1 Å². The van der Waals surface area contributed by atoms with Gasteiger partial charge in [-0.1, -0.05) is 6.92 Å². The van der Waals surface area contributed by atoms with Crippen molar-refractivity contribution in [3.8, 4) is 0 Å². The van der Waals surface area contributed by atoms with Gasteiger partial charge in [-0.2, -0.15) is 0 Å². The Hall–Kier alpha value is -1.43. The summed E-state index contributed by atoms with van der Waals surface area (Å²) in [5.74, 6) is -1.02. The lowest BCUT2D eigenvalue weighted by atomic mass is 9.89. The number of carbonyl (C=O) groups is 1. The fraction of sp³-hybridized carbons (Fsp3) is 0.700. The van der Waals surface area contributed by atoms with E-state index in [1.54, 1.807) is 0 Å². The SMILES string of the molecule is CC1OC(C)C(c2nnc(C(=O)O)o2)C1C. The number of ether oxygens (including phenoxy) is 1. The Labute approximate surface area is 92.6 Å². The lowest BCUT2D eigenvalue weighted by Crippen LogP contribution is -2.15. The van der Waals surface area contributed by atoms with Gasteiger partial charge in [0.15, 0.2) is 0 Å². The maximum absolute atomic E-state index is 10.6. The number of hydrogen-bond acceptors (Lipinski definition) is 5. The molecule has 0 bridgehead atoms. The molecule has 0 radical (unpaired) electrons. The normalized spacial score (nSPS) is 34.2. The second kappa shape index (κ2) is 3.86. The second-order valence-electron chi connectivity index (χ2n) is 4.18. The predicted molar refractivity (Wildman–Crippen MR) is 53.2 cm³/mol. The van der Waals surface area contributed by atoms with E-state index in [1.165, 1.54) is 0 Å². The Kier molecular flexibility index (Phi) is 2.67. The molecule has 4 unspecified atom stereocenters. The molecular weight excluding hydrogens is 212 g/mol. The van der Waals surface area contributed by atoms with Crippen LogP contribution in [0.1, 0.15) is 43.3 Å². The highest BCUT2D eigenvalue weighted by Gasteiger charge is 2.41. The third-order valence-corrected chi connectivity index (χ3v) is 3.15. The first-order valence-corrected chi connectivity index (χ1v) is 5.23. The number of nitrogens with zero attached hydrogens (tertiary/aromatic N) is 2. The van der Waals surface area contributed by atoms with E-state index in [2.05, 4.69) is 10.2 Å². The van der Waals surface area contributed by atoms with Crippen LogP contribution in [0.2, 0.25) is 0 Å². The van der Waals surface area contributed by atoms with Gasteiger partial charge in [0.1, 0.15) is 0 Å². The average Bonchev–Trinajstić information content (AvgIpc) is 2.74. The van der Waals surface area contributed by atoms with Crippen molar-refractivity contribution in [1.82, 2.24) is 10.2 Å². The Morgan fingerprint density at radius 1 is 1.25 bits per heavy atom. The van der Waals surface area contributed by atoms with Gasteiger partial charge in [0.25, 0.3) is 0 Å². The van der Waals surface area contributed by atoms with Crippen molar-refractivity contribution in [2.24, 2.45) is 5.92 Å². The zero-order chi connectivity index (χ0) is 11.9. The molecule has 4 atom stereocenters. The molecule has 2 heterocycles. The first-order valence-electron chi connectivity index (χ1n) is 5.23. The summed E-state index contributed by atoms with van der Waals surface area (Å²) >= 11 is 0. The van der Waals surface area contributed by atoms with Crippen molar-refractivity contribution >= 4 is 5.97 Å². The first-order chi connectivity index (χ1) is 7.50. The van der Waals surface area contributed by atoms with Gasteiger partial charge in [-0.3, -0.25) is 0 Å². The fourth-order valence-electron chi connectivity index (χ4n) is 2.15. The number of rotatable bonds is 2. The minimum Gasteiger partial charge on any atom is -0.474 e. The number of hydrogen-bond donors (Lipinski definition) is 1. The third-order valence-electron chi connectivity index (χ3n) is 3.15. The first kappa shape index (κ1) is 11.1. The van der Waals surface area contributed by atoms with Gasteiger partial charge in [0, 0.05) is 0 Å². The van der Waals surface area contributed by atoms with Gasteiger partial charge in [-0.05, 0) is 19.8 Å². The standard InChI is InChI=1S/C10H14N2O4/c1-4-5(2)15-6(3)7(4)8-11-12-9(16-8)10(13)14/h4-7H,1-3H3,(H,13,14). The lowest BCUT2D eigenvalue weighted by Gasteiger charge is -2.13. The van der Waals surface area contributed by atoms with Crippen LogP contribution < -0.4 is 0 Å². The molecule has 0 saturated carbocycles. The Morgan fingerprint density at radius 2 is 1.94 bits per heavy atom. The van der Waals surface area contributed by atoms with Crippen molar-refractivity contribution < 1.29 is 19.1 Å². The van der Waals surface area contributed by atoms with Crippen LogP contribution in [0.5, 0.6) is 0 Å². The zero-order valence-corrected chi connectivity index (χ0v) is 9.38. The number of aromatic carboxylic acids is 1. The predicted octanol–water partition coefficient (Wildman–Crippen LogP) is 1.29. The van der Waals surface area contributed by atoms with E-state index < -0.39 is 5.97 Å². The van der Waals surface area contributed by atoms with E-state index in [-0.39, 0.29) is 29.9 Å². The molecule has 1 aliphatic rings. The quantitative estimate of drug-likeness (QED) is 0.817. The fourth-order valence-corrected chi connectivity index (χ4v) is 2.15. The van der Waals surface area contributed by atoms with Gasteiger partial charge in [0.2, 0.25) is 5.89 Å². The van der Waals surface area contributed by atoms with E-state index in [0.29, 0.717) is 5.89 Å². The molecule has 0 spiro atoms. The van der Waals surface area contributed by atoms with Crippen LogP contribution in [-0.4, -0.2) is 33.5 Å². The molecule has 1 fully saturated rings. The monoisotopic (exact) mass is 226 g/mol. The second-order valence-corrected chi connectivity index (χ2v) is 4.18. The van der Waals surface area contributed by atoms with E-state index in [4.69, 9.17) is 14.3 Å². The van der Waals surface area contributed by atoms with Gasteiger partial charge >= 0.3 is 11.9 Å². The minimum atomic E-state index is -1.20. The summed E-state index contributed by atoms with van der Waals surface area (Å²) < 4.78 is 10.8. The molecule has 6 nitrogen and oxygen atoms in total. The summed E-state index contributed by atoms with van der Waals surface area (Å²) in [5, 5.41) is 16.0. The van der Waals surface area contributed by atoms with Crippen LogP contribution in [0.25, 0.3) is 0 Å². The van der Waals surface area contributed by atoms with Crippen LogP contribution in [0, 0.1) is 5.92 Å². The van der Waals surface area contributed by atoms with Crippen LogP contribution in [0.4, 0.5) is 0 Å². The molecular formula is C10H14N2O4. The van der Waals surface area contributed by atoms with Crippen molar-refractivity contribution in [3.63, 3.8) is 0 Å². The third kappa shape index (κ3) is 1.69. The van der Waals surface area contributed by atoms with Crippen molar-refractivity contribution in [1.29, 1.82) is 0 Å². The largest absolute Gasteiger partial charge is 0.474 e. The van der Waals surface area contributed by atoms with Crippen molar-refractivity contribution in [2.75, 3.05) is 0 Å². The van der Waals surface area contributed by atoms with Crippen LogP contribution in [0.3, 0.4) is 0 Å². The summed E-state index contributed by atoms with van der Waals surface area (Å²) in [6.07, 6.45) is 0.0762. The number of carboxylic acids is 1. The number of aromatic nitrogens is 2. The highest BCUT2D eigenvalue weighted by molar-refractivity contribution is 5.81. The lowest BCUT2D eigenvalue weighted by molar-refractivity contribution is 0.0538. The topological polar surface area (TPSA) is 85.5 Å². The van der Waals surface area contributed by atoms with Crippen LogP contribution >= 0.6 is 0 Å². The summed E-state index contributed by atoms with van der Waals surface area (Å²) in [7, 11) is 0. The van der Waals surface area contributed by atoms with Gasteiger partial charge in [-0.25, -0.2) is 4.79 Å². The molecule has 0 amide bonds. The van der Waals surface area contributed by atoms with Crippen molar-refractivity contribution in [2.45, 2.75) is 38.9 Å². The summed E-state index contributed by atoms with van der Waals surface area (Å²) in [6, 6.07) is 0. The molecule has 2 rings (SSSR count). The molecule has 0 aromatic carbocycles. The Balaban J connectivity index is 2.26. The molecule has 1 saturated heterocycles. The van der Waals surface area contributed by atoms with E-state index in [0.717, 1.165) is 0 Å². The Bertz CT molecular complexity index is 403.